The van der Waals surface area contributed by atoms with Crippen LogP contribution in [0.25, 0.3) is 0 Å². The van der Waals surface area contributed by atoms with Gasteiger partial charge >= 0.3 is 12.1 Å². The first-order valence-corrected chi connectivity index (χ1v) is 9.10. The molecule has 1 atom stereocenters. The molecule has 0 saturated heterocycles. The van der Waals surface area contributed by atoms with Gasteiger partial charge < -0.3 is 9.47 Å². The van der Waals surface area contributed by atoms with Crippen molar-refractivity contribution in [3.63, 3.8) is 0 Å². The van der Waals surface area contributed by atoms with E-state index in [1.54, 1.807) is 4.90 Å². The van der Waals surface area contributed by atoms with E-state index in [0.29, 0.717) is 19.4 Å². The van der Waals surface area contributed by atoms with Crippen LogP contribution in [0.4, 0.5) is 10.5 Å². The Labute approximate surface area is 150 Å². The molecule has 1 aliphatic rings. The number of anilines is 1. The number of esters is 1. The van der Waals surface area contributed by atoms with Crippen molar-refractivity contribution in [1.82, 2.24) is 0 Å². The van der Waals surface area contributed by atoms with Crippen molar-refractivity contribution >= 4 is 17.7 Å². The summed E-state index contributed by atoms with van der Waals surface area (Å²) in [6.07, 6.45) is 3.32. The first-order chi connectivity index (χ1) is 11.8. The molecule has 0 N–H and O–H groups in total. The lowest BCUT2D eigenvalue weighted by Crippen LogP contribution is -2.41. The Morgan fingerprint density at radius 2 is 1.92 bits per heavy atom. The minimum Gasteiger partial charge on any atom is -0.457 e. The summed E-state index contributed by atoms with van der Waals surface area (Å²) in [4.78, 5) is 26.2. The van der Waals surface area contributed by atoms with Gasteiger partial charge in [-0.2, -0.15) is 0 Å². The summed E-state index contributed by atoms with van der Waals surface area (Å²) in [5, 5.41) is 0. The van der Waals surface area contributed by atoms with Gasteiger partial charge in [0.2, 0.25) is 0 Å². The van der Waals surface area contributed by atoms with Crippen LogP contribution in [0.2, 0.25) is 0 Å². The maximum absolute atomic E-state index is 12.5. The third-order valence-electron chi connectivity index (χ3n) is 4.06. The normalized spacial score (nSPS) is 17.0. The number of hydrogen-bond acceptors (Lipinski definition) is 4. The summed E-state index contributed by atoms with van der Waals surface area (Å²) >= 11 is 0. The van der Waals surface area contributed by atoms with Crippen molar-refractivity contribution in [2.45, 2.75) is 71.5 Å². The van der Waals surface area contributed by atoms with Gasteiger partial charge in [-0.15, -0.1) is 0 Å². The lowest BCUT2D eigenvalue weighted by Gasteiger charge is -2.35. The monoisotopic (exact) mass is 347 g/mol. The average Bonchev–Trinajstić information content (AvgIpc) is 2.53. The lowest BCUT2D eigenvalue weighted by molar-refractivity contribution is -0.150. The summed E-state index contributed by atoms with van der Waals surface area (Å²) in [5.41, 5.74) is 1.08. The van der Waals surface area contributed by atoms with Crippen LogP contribution < -0.4 is 4.90 Å². The van der Waals surface area contributed by atoms with Crippen molar-refractivity contribution in [1.29, 1.82) is 0 Å². The number of para-hydroxylation sites is 1. The van der Waals surface area contributed by atoms with E-state index in [2.05, 4.69) is 6.92 Å². The molecule has 5 nitrogen and oxygen atoms in total. The Bertz CT molecular complexity index is 606. The molecular weight excluding hydrogens is 318 g/mol. The number of benzene rings is 1. The van der Waals surface area contributed by atoms with Crippen molar-refractivity contribution in [3.8, 4) is 0 Å². The third-order valence-corrected chi connectivity index (χ3v) is 4.06. The number of hydrogen-bond donors (Lipinski definition) is 0. The van der Waals surface area contributed by atoms with Crippen LogP contribution in [0.15, 0.2) is 24.3 Å². The predicted molar refractivity (Wildman–Crippen MR) is 97.6 cm³/mol. The zero-order valence-corrected chi connectivity index (χ0v) is 15.7. The van der Waals surface area contributed by atoms with Crippen LogP contribution in [0.3, 0.4) is 0 Å². The number of carbonyl (C=O) groups is 2. The van der Waals surface area contributed by atoms with Gasteiger partial charge in [0.15, 0.2) is 0 Å². The Morgan fingerprint density at radius 1 is 1.20 bits per heavy atom. The highest BCUT2D eigenvalue weighted by Gasteiger charge is 2.32. The van der Waals surface area contributed by atoms with E-state index >= 15 is 0 Å². The van der Waals surface area contributed by atoms with Crippen molar-refractivity contribution in [2.75, 3.05) is 11.4 Å². The van der Waals surface area contributed by atoms with E-state index in [1.165, 1.54) is 0 Å². The van der Waals surface area contributed by atoms with E-state index in [9.17, 15) is 9.59 Å². The number of carbonyl (C=O) groups excluding carboxylic acids is 2. The second kappa shape index (κ2) is 8.37. The van der Waals surface area contributed by atoms with Crippen molar-refractivity contribution in [3.05, 3.63) is 29.8 Å². The zero-order chi connectivity index (χ0) is 18.4. The lowest BCUT2D eigenvalue weighted by atomic mass is 9.99. The molecule has 5 heteroatoms. The van der Waals surface area contributed by atoms with Crippen LogP contribution in [-0.2, 0) is 14.3 Å². The van der Waals surface area contributed by atoms with Gasteiger partial charge in [0.25, 0.3) is 0 Å². The van der Waals surface area contributed by atoms with Crippen molar-refractivity contribution in [2.24, 2.45) is 0 Å². The number of amides is 1. The average molecular weight is 347 g/mol. The molecule has 2 rings (SSSR count). The molecule has 0 radical (unpaired) electrons. The van der Waals surface area contributed by atoms with Crippen LogP contribution in [0, 0.1) is 0 Å². The Balaban J connectivity index is 2.10. The quantitative estimate of drug-likeness (QED) is 0.556. The molecule has 0 unspecified atom stereocenters. The van der Waals surface area contributed by atoms with Gasteiger partial charge in [-0.1, -0.05) is 38.0 Å². The maximum atomic E-state index is 12.5. The highest BCUT2D eigenvalue weighted by Crippen LogP contribution is 2.36. The van der Waals surface area contributed by atoms with Crippen LogP contribution in [0.5, 0.6) is 0 Å². The summed E-state index contributed by atoms with van der Waals surface area (Å²) in [5.74, 6) is -0.168. The fourth-order valence-corrected chi connectivity index (χ4v) is 2.89. The number of rotatable bonds is 5. The van der Waals surface area contributed by atoms with E-state index < -0.39 is 5.60 Å². The van der Waals surface area contributed by atoms with Gasteiger partial charge in [0.1, 0.15) is 11.7 Å². The van der Waals surface area contributed by atoms with Crippen molar-refractivity contribution < 1.29 is 19.1 Å². The molecule has 1 aromatic carbocycles. The van der Waals surface area contributed by atoms with E-state index in [-0.39, 0.29) is 18.2 Å². The predicted octanol–water partition coefficient (Wildman–Crippen LogP) is 5.00. The first kappa shape index (κ1) is 19.3. The molecule has 0 fully saturated rings. The minimum atomic E-state index is -0.547. The topological polar surface area (TPSA) is 55.8 Å². The number of nitrogens with zero attached hydrogens (tertiary/aromatic N) is 1. The molecule has 0 saturated carbocycles. The van der Waals surface area contributed by atoms with Gasteiger partial charge in [-0.3, -0.25) is 9.69 Å². The molecule has 1 aromatic rings. The Morgan fingerprint density at radius 3 is 2.60 bits per heavy atom. The fourth-order valence-electron chi connectivity index (χ4n) is 2.89. The summed E-state index contributed by atoms with van der Waals surface area (Å²) in [6, 6.07) is 7.56. The number of fused-ring (bicyclic) bond motifs is 1. The summed E-state index contributed by atoms with van der Waals surface area (Å²) in [6.45, 7) is 8.12. The molecular formula is C20H29NO4. The Hall–Kier alpha value is -2.04. The maximum Gasteiger partial charge on any atom is 0.414 e. The van der Waals surface area contributed by atoms with E-state index in [1.807, 2.05) is 45.0 Å². The van der Waals surface area contributed by atoms with Crippen LogP contribution in [-0.4, -0.2) is 24.2 Å². The molecule has 0 spiro atoms. The first-order valence-electron chi connectivity index (χ1n) is 9.10. The molecule has 1 heterocycles. The fraction of sp³-hybridized carbons (Fsp3) is 0.600. The smallest absolute Gasteiger partial charge is 0.414 e. The molecule has 1 aliphatic heterocycles. The Kier molecular flexibility index (Phi) is 6.45. The molecule has 25 heavy (non-hydrogen) atoms. The van der Waals surface area contributed by atoms with Gasteiger partial charge in [-0.05, 0) is 33.3 Å². The second-order valence-corrected chi connectivity index (χ2v) is 7.42. The van der Waals surface area contributed by atoms with Crippen LogP contribution in [0.1, 0.15) is 71.5 Å². The third kappa shape index (κ3) is 5.48. The van der Waals surface area contributed by atoms with Crippen LogP contribution >= 0.6 is 0 Å². The highest BCUT2D eigenvalue weighted by atomic mass is 16.6. The SMILES string of the molecule is CCCCCC(=O)O[C@@H]1CCN(C(=O)OC(C)(C)C)c2ccccc21. The van der Waals surface area contributed by atoms with Gasteiger partial charge in [0, 0.05) is 24.9 Å². The van der Waals surface area contributed by atoms with E-state index in [4.69, 9.17) is 9.47 Å². The highest BCUT2D eigenvalue weighted by molar-refractivity contribution is 5.89. The molecule has 0 bridgehead atoms. The zero-order valence-electron chi connectivity index (χ0n) is 15.7. The summed E-state index contributed by atoms with van der Waals surface area (Å²) in [7, 11) is 0. The minimum absolute atomic E-state index is 0.168. The molecule has 138 valence electrons. The summed E-state index contributed by atoms with van der Waals surface area (Å²) < 4.78 is 11.2. The van der Waals surface area contributed by atoms with Gasteiger partial charge in [0.05, 0.1) is 5.69 Å². The second-order valence-electron chi connectivity index (χ2n) is 7.42. The molecule has 0 aromatic heterocycles. The van der Waals surface area contributed by atoms with Gasteiger partial charge in [-0.25, -0.2) is 4.79 Å². The standard InChI is InChI=1S/C20H29NO4/c1-5-6-7-12-18(22)24-17-13-14-21(19(23)25-20(2,3)4)16-11-9-8-10-15(16)17/h8-11,17H,5-7,12-14H2,1-4H3/t17-/m1/s1. The molecule has 1 amide bonds. The largest absolute Gasteiger partial charge is 0.457 e. The van der Waals surface area contributed by atoms with E-state index in [0.717, 1.165) is 30.5 Å². The number of ether oxygens (including phenoxy) is 2. The molecule has 0 aliphatic carbocycles. The number of unbranched alkanes of at least 4 members (excludes halogenated alkanes) is 2.